The van der Waals surface area contributed by atoms with E-state index in [-0.39, 0.29) is 37.1 Å². The fraction of sp³-hybridized carbons (Fsp3) is 0.622. The minimum absolute atomic E-state index is 0.0393. The van der Waals surface area contributed by atoms with Crippen LogP contribution >= 0.6 is 0 Å². The van der Waals surface area contributed by atoms with Gasteiger partial charge < -0.3 is 29.7 Å². The molecule has 0 radical (unpaired) electrons. The Hall–Kier alpha value is -4.68. The molecule has 3 heterocycles. The zero-order valence-electron chi connectivity index (χ0n) is 31.7. The van der Waals surface area contributed by atoms with Gasteiger partial charge in [-0.2, -0.15) is 13.2 Å². The van der Waals surface area contributed by atoms with Gasteiger partial charge in [0.15, 0.2) is 0 Å². The van der Waals surface area contributed by atoms with Gasteiger partial charge in [-0.15, -0.1) is 10.2 Å². The second-order valence-corrected chi connectivity index (χ2v) is 17.8. The third-order valence-corrected chi connectivity index (χ3v) is 12.8. The molecule has 4 aliphatic rings. The van der Waals surface area contributed by atoms with Crippen LogP contribution < -0.4 is 24.8 Å². The van der Waals surface area contributed by atoms with Gasteiger partial charge in [0, 0.05) is 12.3 Å². The van der Waals surface area contributed by atoms with Gasteiger partial charge in [0.05, 0.1) is 29.7 Å². The number of rotatable bonds is 8. The lowest BCUT2D eigenvalue weighted by Gasteiger charge is -2.34. The molecule has 306 valence electrons. The second-order valence-electron chi connectivity index (χ2n) is 15.8. The van der Waals surface area contributed by atoms with E-state index in [1.54, 1.807) is 37.3 Å². The van der Waals surface area contributed by atoms with E-state index >= 15 is 0 Å². The van der Waals surface area contributed by atoms with Crippen molar-refractivity contribution in [1.29, 1.82) is 0 Å². The van der Waals surface area contributed by atoms with Crippen LogP contribution in [-0.4, -0.2) is 102 Å². The number of benzene rings is 1. The summed E-state index contributed by atoms with van der Waals surface area (Å²) in [4.78, 5) is 57.1. The number of methoxy groups -OCH3 is 1. The highest BCUT2D eigenvalue weighted by Gasteiger charge is 2.62. The average molecular weight is 809 g/mol. The van der Waals surface area contributed by atoms with Crippen molar-refractivity contribution in [3.05, 3.63) is 36.4 Å². The first-order valence-corrected chi connectivity index (χ1v) is 20.2. The van der Waals surface area contributed by atoms with Crippen molar-refractivity contribution in [3.8, 4) is 11.8 Å². The van der Waals surface area contributed by atoms with Crippen LogP contribution in [0.5, 0.6) is 11.8 Å². The number of fused-ring (bicyclic) bond motifs is 3. The first-order valence-electron chi connectivity index (χ1n) is 18.6. The smallest absolute Gasteiger partial charge is 0.427 e. The number of ether oxygens (including phenoxy) is 3. The Kier molecular flexibility index (Phi) is 11.2. The fourth-order valence-corrected chi connectivity index (χ4v) is 8.76. The molecule has 0 spiro atoms. The third-order valence-electron chi connectivity index (χ3n) is 11.0. The van der Waals surface area contributed by atoms with E-state index in [9.17, 15) is 40.8 Å². The van der Waals surface area contributed by atoms with E-state index in [2.05, 4.69) is 25.6 Å². The summed E-state index contributed by atoms with van der Waals surface area (Å²) in [5, 5.41) is 13.8. The van der Waals surface area contributed by atoms with Crippen LogP contribution in [0.3, 0.4) is 0 Å². The molecule has 2 aromatic rings. The van der Waals surface area contributed by atoms with Gasteiger partial charge in [0.2, 0.25) is 39.2 Å². The monoisotopic (exact) mass is 808 g/mol. The highest BCUT2D eigenvalue weighted by Crippen LogP contribution is 2.46. The summed E-state index contributed by atoms with van der Waals surface area (Å²) in [5.74, 6) is -3.39. The van der Waals surface area contributed by atoms with Crippen molar-refractivity contribution in [2.75, 3.05) is 13.7 Å². The molecule has 2 saturated carbocycles. The maximum Gasteiger partial charge on any atom is 0.427 e. The van der Waals surface area contributed by atoms with Gasteiger partial charge in [0.1, 0.15) is 23.7 Å². The lowest BCUT2D eigenvalue weighted by molar-refractivity contribution is -0.244. The predicted molar refractivity (Wildman–Crippen MR) is 195 cm³/mol. The van der Waals surface area contributed by atoms with Crippen LogP contribution in [0.4, 0.5) is 18.0 Å². The largest absolute Gasteiger partial charge is 0.479 e. The minimum atomic E-state index is -4.91. The van der Waals surface area contributed by atoms with Crippen LogP contribution in [0, 0.1) is 17.8 Å². The molecule has 6 rings (SSSR count). The topological polar surface area (TPSA) is 195 Å². The van der Waals surface area contributed by atoms with Gasteiger partial charge in [0.25, 0.3) is 5.91 Å². The van der Waals surface area contributed by atoms with E-state index in [1.807, 2.05) is 13.0 Å². The highest BCUT2D eigenvalue weighted by molar-refractivity contribution is 7.91. The molecule has 1 aromatic heterocycles. The Balaban J connectivity index is 1.35. The number of allylic oxidation sites excluding steroid dienone is 1. The van der Waals surface area contributed by atoms with Crippen molar-refractivity contribution in [3.63, 3.8) is 0 Å². The van der Waals surface area contributed by atoms with Gasteiger partial charge in [-0.05, 0) is 76.3 Å². The molecule has 1 saturated heterocycles. The van der Waals surface area contributed by atoms with Crippen LogP contribution in [0.15, 0.2) is 36.4 Å². The molecule has 2 aliphatic heterocycles. The summed E-state index contributed by atoms with van der Waals surface area (Å²) in [6.07, 6.45) is -1.37. The Morgan fingerprint density at radius 3 is 2.32 bits per heavy atom. The summed E-state index contributed by atoms with van der Waals surface area (Å²) in [6.45, 7) is 4.74. The SMILES string of the molecule is COc1nnc(O[C@@H]2C[C@H]3C(=O)N[C@]4(C(=O)NS(=O)(=O)C5CC5)C[C@@H]4/C=C\CC[C@@H](C)C[C@@H](C)[C@H](NC(=O)OC(C)(C)C(F)(F)F)C(=O)N3C2)c2ccccc12. The molecule has 0 unspecified atom stereocenters. The molecule has 7 atom stereocenters. The Labute approximate surface area is 322 Å². The van der Waals surface area contributed by atoms with Crippen LogP contribution in [0.1, 0.15) is 72.6 Å². The number of hydrogen-bond donors (Lipinski definition) is 3. The van der Waals surface area contributed by atoms with Gasteiger partial charge >= 0.3 is 12.3 Å². The van der Waals surface area contributed by atoms with Crippen molar-refractivity contribution in [2.45, 2.75) is 113 Å². The van der Waals surface area contributed by atoms with E-state index < -0.39 is 86.4 Å². The number of hydrogen-bond acceptors (Lipinski definition) is 11. The second kappa shape index (κ2) is 15.3. The molecule has 3 N–H and O–H groups in total. The third kappa shape index (κ3) is 8.51. The molecule has 19 heteroatoms. The normalized spacial score (nSPS) is 29.5. The first-order chi connectivity index (χ1) is 26.3. The summed E-state index contributed by atoms with van der Waals surface area (Å²) in [7, 11) is -2.55. The number of nitrogens with zero attached hydrogens (tertiary/aromatic N) is 3. The predicted octanol–water partition coefficient (Wildman–Crippen LogP) is 3.92. The van der Waals surface area contributed by atoms with Gasteiger partial charge in [-0.3, -0.25) is 19.1 Å². The first kappa shape index (κ1) is 41.0. The average Bonchev–Trinajstić information content (AvgIpc) is 4.05. The number of sulfonamides is 1. The van der Waals surface area contributed by atoms with E-state index in [4.69, 9.17) is 14.2 Å². The van der Waals surface area contributed by atoms with E-state index in [0.29, 0.717) is 56.7 Å². The number of amides is 4. The Bertz CT molecular complexity index is 2010. The summed E-state index contributed by atoms with van der Waals surface area (Å²) in [6, 6.07) is 4.21. The quantitative estimate of drug-likeness (QED) is 0.327. The van der Waals surface area contributed by atoms with Crippen molar-refractivity contribution < 1.29 is 55.0 Å². The van der Waals surface area contributed by atoms with Gasteiger partial charge in [-0.1, -0.05) is 38.1 Å². The van der Waals surface area contributed by atoms with Crippen molar-refractivity contribution in [1.82, 2.24) is 30.5 Å². The summed E-state index contributed by atoms with van der Waals surface area (Å²) in [5.41, 5.74) is -4.52. The number of alkyl halides is 3. The molecule has 15 nitrogen and oxygen atoms in total. The maximum absolute atomic E-state index is 14.7. The molecule has 2 aliphatic carbocycles. The lowest BCUT2D eigenvalue weighted by Crippen LogP contribution is -2.59. The van der Waals surface area contributed by atoms with Crippen molar-refractivity contribution >= 4 is 44.6 Å². The van der Waals surface area contributed by atoms with E-state index in [0.717, 1.165) is 0 Å². The zero-order valence-corrected chi connectivity index (χ0v) is 32.5. The number of alkyl carbamates (subject to hydrolysis) is 1. The number of aromatic nitrogens is 2. The molecule has 56 heavy (non-hydrogen) atoms. The summed E-state index contributed by atoms with van der Waals surface area (Å²) < 4.78 is 85.3. The standard InChI is InChI=1S/C37H47F3N6O9S/c1-20-10-6-7-11-22-18-36(22,33(49)45-56(51,52)24-14-15-24)42-29(47)27-17-23(54-31-26-13-9-8-12-25(26)30(53-5)43-44-31)19-46(27)32(48)28(21(2)16-20)41-34(50)55-35(3,4)37(38,39)40/h7-9,11-13,20-24,27-28H,6,10,14-19H2,1-5H3,(H,41,50)(H,42,47)(H,45,49)/b11-7-/t20-,21-,22+,23-,27+,28+,36-/m1/s1. The Morgan fingerprint density at radius 1 is 1.02 bits per heavy atom. The number of nitrogens with one attached hydrogen (secondary N) is 3. The molecule has 1 aromatic carbocycles. The minimum Gasteiger partial charge on any atom is -0.479 e. The highest BCUT2D eigenvalue weighted by atomic mass is 32.2. The molecule has 0 bridgehead atoms. The van der Waals surface area contributed by atoms with Crippen molar-refractivity contribution in [2.24, 2.45) is 17.8 Å². The van der Waals surface area contributed by atoms with Crippen LogP contribution in [-0.2, 0) is 29.1 Å². The maximum atomic E-state index is 14.7. The zero-order chi connectivity index (χ0) is 40.8. The molecule has 3 fully saturated rings. The number of carbonyl (C=O) groups excluding carboxylic acids is 4. The number of halogens is 3. The van der Waals surface area contributed by atoms with E-state index in [1.165, 1.54) is 12.0 Å². The summed E-state index contributed by atoms with van der Waals surface area (Å²) >= 11 is 0. The van der Waals surface area contributed by atoms with Crippen LogP contribution in [0.2, 0.25) is 0 Å². The molecular weight excluding hydrogens is 762 g/mol. The fourth-order valence-electron chi connectivity index (χ4n) is 7.39. The number of carbonyl (C=O) groups is 4. The lowest BCUT2D eigenvalue weighted by atomic mass is 9.88. The Morgan fingerprint density at radius 2 is 1.68 bits per heavy atom. The molecular formula is C37H47F3N6O9S. The van der Waals surface area contributed by atoms with Crippen LogP contribution in [0.25, 0.3) is 10.8 Å². The van der Waals surface area contributed by atoms with Gasteiger partial charge in [-0.25, -0.2) is 13.2 Å². The molecule has 4 amide bonds.